The second-order valence-corrected chi connectivity index (χ2v) is 6.79. The molecule has 0 atom stereocenters. The maximum Gasteiger partial charge on any atom is 0.262 e. The zero-order valence-corrected chi connectivity index (χ0v) is 15.2. The Kier molecular flexibility index (Phi) is 5.56. The zero-order chi connectivity index (χ0) is 18.5. The van der Waals surface area contributed by atoms with E-state index in [1.165, 1.54) is 17.5 Å². The molecule has 3 rings (SSSR count). The van der Waals surface area contributed by atoms with Crippen LogP contribution in [0, 0.1) is 0 Å². The number of aryl methyl sites for hydroxylation is 2. The summed E-state index contributed by atoms with van der Waals surface area (Å²) in [4.78, 5) is 24.5. The highest BCUT2D eigenvalue weighted by Gasteiger charge is 2.15. The Morgan fingerprint density at radius 2 is 1.85 bits per heavy atom. The lowest BCUT2D eigenvalue weighted by Gasteiger charge is -2.13. The largest absolute Gasteiger partial charge is 0.484 e. The lowest BCUT2D eigenvalue weighted by atomic mass is 10.1. The van der Waals surface area contributed by atoms with Crippen molar-refractivity contribution in [2.24, 2.45) is 0 Å². The van der Waals surface area contributed by atoms with E-state index in [1.54, 1.807) is 24.3 Å². The van der Waals surface area contributed by atoms with E-state index >= 15 is 0 Å². The van der Waals surface area contributed by atoms with Gasteiger partial charge in [0.2, 0.25) is 0 Å². The predicted octanol–water partition coefficient (Wildman–Crippen LogP) is 3.33. The molecule has 1 aliphatic rings. The minimum absolute atomic E-state index is 0.0226. The second-order valence-electron chi connectivity index (χ2n) is 6.79. The minimum atomic E-state index is -0.296. The molecule has 0 saturated carbocycles. The van der Waals surface area contributed by atoms with Gasteiger partial charge in [-0.1, -0.05) is 18.2 Å². The van der Waals surface area contributed by atoms with Crippen LogP contribution >= 0.6 is 0 Å². The van der Waals surface area contributed by atoms with Crippen molar-refractivity contribution in [3.63, 3.8) is 0 Å². The fourth-order valence-electron chi connectivity index (χ4n) is 3.10. The molecule has 0 unspecified atom stereocenters. The van der Waals surface area contributed by atoms with Crippen molar-refractivity contribution in [2.45, 2.75) is 39.2 Å². The molecular formula is C21H24N2O3. The number of carbonyl (C=O) groups is 2. The highest BCUT2D eigenvalue weighted by Crippen LogP contribution is 2.26. The number of rotatable bonds is 6. The molecule has 0 spiro atoms. The van der Waals surface area contributed by atoms with Gasteiger partial charge < -0.3 is 15.4 Å². The second kappa shape index (κ2) is 8.04. The Balaban J connectivity index is 1.61. The van der Waals surface area contributed by atoms with Crippen LogP contribution in [0.1, 0.15) is 41.8 Å². The molecular weight excluding hydrogens is 328 g/mol. The zero-order valence-electron chi connectivity index (χ0n) is 15.2. The summed E-state index contributed by atoms with van der Waals surface area (Å²) in [5.74, 6) is 0.192. The van der Waals surface area contributed by atoms with E-state index < -0.39 is 0 Å². The molecule has 0 bridgehead atoms. The molecule has 2 aromatic rings. The molecule has 0 aliphatic heterocycles. The summed E-state index contributed by atoms with van der Waals surface area (Å²) < 4.78 is 5.62. The average Bonchev–Trinajstić information content (AvgIpc) is 3.07. The van der Waals surface area contributed by atoms with Gasteiger partial charge >= 0.3 is 0 Å². The van der Waals surface area contributed by atoms with E-state index in [2.05, 4.69) is 16.7 Å². The molecule has 2 N–H and O–H groups in total. The fourth-order valence-corrected chi connectivity index (χ4v) is 3.10. The molecule has 5 nitrogen and oxygen atoms in total. The maximum absolute atomic E-state index is 12.3. The topological polar surface area (TPSA) is 67.4 Å². The Bertz CT molecular complexity index is 815. The molecule has 0 aromatic heterocycles. The number of hydrogen-bond donors (Lipinski definition) is 2. The Hall–Kier alpha value is -2.82. The van der Waals surface area contributed by atoms with Gasteiger partial charge in [-0.25, -0.2) is 0 Å². The monoisotopic (exact) mass is 352 g/mol. The van der Waals surface area contributed by atoms with Crippen LogP contribution in [0.3, 0.4) is 0 Å². The molecule has 2 amide bonds. The molecule has 136 valence electrons. The van der Waals surface area contributed by atoms with Gasteiger partial charge in [-0.3, -0.25) is 9.59 Å². The Labute approximate surface area is 153 Å². The van der Waals surface area contributed by atoms with Crippen LogP contribution in [0.4, 0.5) is 5.69 Å². The summed E-state index contributed by atoms with van der Waals surface area (Å²) in [5.41, 5.74) is 3.59. The molecule has 2 aromatic carbocycles. The van der Waals surface area contributed by atoms with Crippen LogP contribution in [0.2, 0.25) is 0 Å². The van der Waals surface area contributed by atoms with Crippen LogP contribution in [0.25, 0.3) is 0 Å². The van der Waals surface area contributed by atoms with E-state index in [0.29, 0.717) is 17.0 Å². The number of nitrogens with one attached hydrogen (secondary N) is 2. The third-order valence-corrected chi connectivity index (χ3v) is 4.31. The number of carbonyl (C=O) groups excluding carboxylic acids is 2. The first-order valence-electron chi connectivity index (χ1n) is 8.97. The number of benzene rings is 2. The van der Waals surface area contributed by atoms with E-state index in [1.807, 2.05) is 26.0 Å². The first-order chi connectivity index (χ1) is 12.5. The van der Waals surface area contributed by atoms with Gasteiger partial charge in [0.25, 0.3) is 11.8 Å². The number of amides is 2. The van der Waals surface area contributed by atoms with Crippen LogP contribution in [0.5, 0.6) is 5.75 Å². The van der Waals surface area contributed by atoms with Gasteiger partial charge in [0.1, 0.15) is 5.75 Å². The molecule has 0 heterocycles. The third-order valence-electron chi connectivity index (χ3n) is 4.31. The summed E-state index contributed by atoms with van der Waals surface area (Å²) in [6.45, 7) is 3.69. The van der Waals surface area contributed by atoms with E-state index in [4.69, 9.17) is 4.74 Å². The molecule has 26 heavy (non-hydrogen) atoms. The van der Waals surface area contributed by atoms with Gasteiger partial charge in [-0.15, -0.1) is 0 Å². The van der Waals surface area contributed by atoms with E-state index in [9.17, 15) is 9.59 Å². The minimum Gasteiger partial charge on any atom is -0.484 e. The Morgan fingerprint density at radius 1 is 1.08 bits per heavy atom. The van der Waals surface area contributed by atoms with Crippen molar-refractivity contribution in [1.29, 1.82) is 0 Å². The van der Waals surface area contributed by atoms with E-state index in [0.717, 1.165) is 12.8 Å². The number of ether oxygens (including phenoxy) is 1. The van der Waals surface area contributed by atoms with Gasteiger partial charge in [-0.2, -0.15) is 0 Å². The maximum atomic E-state index is 12.3. The van der Waals surface area contributed by atoms with Crippen molar-refractivity contribution in [3.05, 3.63) is 59.2 Å². The van der Waals surface area contributed by atoms with E-state index in [-0.39, 0.29) is 24.5 Å². The van der Waals surface area contributed by atoms with Crippen LogP contribution in [-0.4, -0.2) is 24.5 Å². The lowest BCUT2D eigenvalue weighted by Crippen LogP contribution is -2.31. The quantitative estimate of drug-likeness (QED) is 0.838. The van der Waals surface area contributed by atoms with Crippen molar-refractivity contribution in [3.8, 4) is 5.75 Å². The highest BCUT2D eigenvalue weighted by molar-refractivity contribution is 6.04. The number of fused-ring (bicyclic) bond motifs is 1. The molecule has 0 saturated heterocycles. The summed E-state index contributed by atoms with van der Waals surface area (Å²) in [6, 6.07) is 13.0. The molecule has 5 heteroatoms. The van der Waals surface area contributed by atoms with Gasteiger partial charge in [0.15, 0.2) is 6.61 Å². The summed E-state index contributed by atoms with van der Waals surface area (Å²) >= 11 is 0. The summed E-state index contributed by atoms with van der Waals surface area (Å²) in [6.07, 6.45) is 3.36. The summed E-state index contributed by atoms with van der Waals surface area (Å²) in [7, 11) is 0. The van der Waals surface area contributed by atoms with Crippen molar-refractivity contribution in [2.75, 3.05) is 11.9 Å². The SMILES string of the molecule is CC(C)NC(=O)c1ccccc1NC(=O)COc1ccc2c(c1)CCC2. The van der Waals surface area contributed by atoms with Crippen molar-refractivity contribution in [1.82, 2.24) is 5.32 Å². The molecule has 1 aliphatic carbocycles. The van der Waals surface area contributed by atoms with Crippen molar-refractivity contribution < 1.29 is 14.3 Å². The molecule has 0 fully saturated rings. The first kappa shape index (κ1) is 18.0. The first-order valence-corrected chi connectivity index (χ1v) is 8.97. The van der Waals surface area contributed by atoms with Gasteiger partial charge in [0.05, 0.1) is 11.3 Å². The number of hydrogen-bond acceptors (Lipinski definition) is 3. The van der Waals surface area contributed by atoms with Crippen LogP contribution in [-0.2, 0) is 17.6 Å². The van der Waals surface area contributed by atoms with Crippen molar-refractivity contribution >= 4 is 17.5 Å². The van der Waals surface area contributed by atoms with Gasteiger partial charge in [0, 0.05) is 6.04 Å². The average molecular weight is 352 g/mol. The normalized spacial score (nSPS) is 12.6. The fraction of sp³-hybridized carbons (Fsp3) is 0.333. The van der Waals surface area contributed by atoms with Gasteiger partial charge in [-0.05, 0) is 68.5 Å². The smallest absolute Gasteiger partial charge is 0.262 e. The summed E-state index contributed by atoms with van der Waals surface area (Å²) in [5, 5.41) is 5.60. The number of anilines is 1. The predicted molar refractivity (Wildman–Crippen MR) is 102 cm³/mol. The number of para-hydroxylation sites is 1. The van der Waals surface area contributed by atoms with Crippen LogP contribution < -0.4 is 15.4 Å². The molecule has 0 radical (unpaired) electrons. The third kappa shape index (κ3) is 4.42. The lowest BCUT2D eigenvalue weighted by molar-refractivity contribution is -0.118. The standard InChI is InChI=1S/C21H24N2O3/c1-14(2)22-21(25)18-8-3-4-9-19(18)23-20(24)13-26-17-11-10-15-6-5-7-16(15)12-17/h3-4,8-12,14H,5-7,13H2,1-2H3,(H,22,25)(H,23,24). The van der Waals surface area contributed by atoms with Crippen LogP contribution in [0.15, 0.2) is 42.5 Å². The highest BCUT2D eigenvalue weighted by atomic mass is 16.5. The Morgan fingerprint density at radius 3 is 2.65 bits per heavy atom.